The molecular formula is C32H37N3O10S. The number of aliphatic carboxylic acids is 1. The Morgan fingerprint density at radius 2 is 1.72 bits per heavy atom. The van der Waals surface area contributed by atoms with Crippen LogP contribution in [0.3, 0.4) is 0 Å². The highest BCUT2D eigenvalue weighted by Gasteiger charge is 2.60. The van der Waals surface area contributed by atoms with Crippen LogP contribution in [0.2, 0.25) is 0 Å². The van der Waals surface area contributed by atoms with E-state index in [4.69, 9.17) is 14.2 Å². The van der Waals surface area contributed by atoms with Gasteiger partial charge in [-0.1, -0.05) is 13.0 Å². The second-order valence-corrected chi connectivity index (χ2v) is 12.9. The van der Waals surface area contributed by atoms with Crippen LogP contribution >= 0.6 is 11.8 Å². The van der Waals surface area contributed by atoms with Crippen molar-refractivity contribution in [3.63, 3.8) is 0 Å². The van der Waals surface area contributed by atoms with Crippen LogP contribution in [0.1, 0.15) is 36.2 Å². The first kappa shape index (κ1) is 33.1. The van der Waals surface area contributed by atoms with E-state index in [2.05, 4.69) is 5.32 Å². The highest BCUT2D eigenvalue weighted by molar-refractivity contribution is 8.03. The molecular weight excluding hydrogens is 618 g/mol. The van der Waals surface area contributed by atoms with Crippen molar-refractivity contribution in [1.29, 1.82) is 0 Å². The van der Waals surface area contributed by atoms with E-state index in [-0.39, 0.29) is 34.9 Å². The molecule has 0 aliphatic carbocycles. The Labute approximate surface area is 270 Å². The number of anilines is 1. The third-order valence-electron chi connectivity index (χ3n) is 8.83. The molecule has 2 aromatic rings. The number of benzene rings is 2. The summed E-state index contributed by atoms with van der Waals surface area (Å²) in [5.41, 5.74) is 0.956. The van der Waals surface area contributed by atoms with Gasteiger partial charge in [0.25, 0.3) is 0 Å². The lowest BCUT2D eigenvalue weighted by molar-refractivity contribution is -0.163. The van der Waals surface area contributed by atoms with Crippen molar-refractivity contribution in [3.05, 3.63) is 58.1 Å². The highest BCUT2D eigenvalue weighted by atomic mass is 32.2. The molecule has 6 atom stereocenters. The zero-order valence-corrected chi connectivity index (χ0v) is 26.9. The molecule has 2 amide bonds. The number of carbonyl (C=O) groups excluding carboxylic acids is 2. The molecule has 14 heteroatoms. The summed E-state index contributed by atoms with van der Waals surface area (Å²) in [4.78, 5) is 54.4. The van der Waals surface area contributed by atoms with Crippen LogP contribution < -0.4 is 19.5 Å². The molecule has 0 radical (unpaired) electrons. The first-order valence-electron chi connectivity index (χ1n) is 14.7. The average Bonchev–Trinajstić information content (AvgIpc) is 3.53. The zero-order valence-electron chi connectivity index (χ0n) is 26.1. The van der Waals surface area contributed by atoms with Crippen LogP contribution in [0.4, 0.5) is 5.69 Å². The number of aromatic carboxylic acids is 1. The number of nitrogens with one attached hydrogen (secondary N) is 1. The van der Waals surface area contributed by atoms with Crippen LogP contribution in [-0.2, 0) is 20.9 Å². The van der Waals surface area contributed by atoms with Crippen molar-refractivity contribution in [1.82, 2.24) is 9.80 Å². The summed E-state index contributed by atoms with van der Waals surface area (Å²) in [6.07, 6.45) is -0.586. The molecule has 46 heavy (non-hydrogen) atoms. The van der Waals surface area contributed by atoms with Crippen LogP contribution in [-0.4, -0.2) is 100 Å². The number of ether oxygens (including phenoxy) is 3. The number of carboxylic acids is 2. The number of rotatable bonds is 12. The third-order valence-corrected chi connectivity index (χ3v) is 10.3. The summed E-state index contributed by atoms with van der Waals surface area (Å²) in [6, 6.07) is 8.25. The molecule has 0 spiro atoms. The number of carbonyl (C=O) groups is 4. The molecule has 3 aliphatic rings. The molecule has 13 nitrogen and oxygen atoms in total. The fourth-order valence-electron chi connectivity index (χ4n) is 6.64. The number of hydrogen-bond acceptors (Lipinski definition) is 10. The number of aliphatic hydroxyl groups excluding tert-OH is 1. The number of fused-ring (bicyclic) bond motifs is 1. The van der Waals surface area contributed by atoms with E-state index in [1.165, 1.54) is 57.0 Å². The van der Waals surface area contributed by atoms with E-state index in [1.807, 2.05) is 11.8 Å². The number of likely N-dealkylation sites (tertiary alicyclic amines) is 1. The Balaban J connectivity index is 1.46. The van der Waals surface area contributed by atoms with Gasteiger partial charge >= 0.3 is 11.9 Å². The monoisotopic (exact) mass is 655 g/mol. The average molecular weight is 656 g/mol. The van der Waals surface area contributed by atoms with Crippen molar-refractivity contribution >= 4 is 41.2 Å². The fraction of sp³-hybridized carbons (Fsp3) is 0.438. The number of methoxy groups -OCH3 is 3. The van der Waals surface area contributed by atoms with Gasteiger partial charge in [0, 0.05) is 47.0 Å². The normalized spacial score (nSPS) is 24.7. The van der Waals surface area contributed by atoms with Crippen LogP contribution in [0.5, 0.6) is 17.2 Å². The van der Waals surface area contributed by atoms with Gasteiger partial charge in [-0.15, -0.1) is 11.8 Å². The SMILES string of the molecule is COc1cc(OC)c(CN2C[C@@H](SC3=C(C(=O)O)N4C(=O)[C@H]([C@@H](C)O)[C@H]4[C@H]3C)C[C@H]2C(=O)Nc2cccc(C(=O)O)c2)c(OC)c1. The summed E-state index contributed by atoms with van der Waals surface area (Å²) in [5.74, 6) is -2.61. The predicted octanol–water partition coefficient (Wildman–Crippen LogP) is 2.88. The number of β-lactam (4-membered cyclic amide) rings is 1. The second kappa shape index (κ2) is 13.2. The van der Waals surface area contributed by atoms with Gasteiger partial charge in [-0.2, -0.15) is 0 Å². The third kappa shape index (κ3) is 5.99. The maximum atomic E-state index is 13.8. The summed E-state index contributed by atoms with van der Waals surface area (Å²) >= 11 is 1.34. The van der Waals surface area contributed by atoms with E-state index in [0.29, 0.717) is 46.4 Å². The number of carboxylic acid groups (broad SMARTS) is 2. The fourth-order valence-corrected chi connectivity index (χ4v) is 8.20. The standard InChI is InChI=1S/C32H37N3O10S/c1-15-26-25(16(2)36)30(38)35(26)27(32(41)42)28(15)46-20-12-22(29(37)33-18-8-6-7-17(9-18)31(39)40)34(13-20)14-21-23(44-4)10-19(43-3)11-24(21)45-5/h6-11,15-16,20,22,25-26,36H,12-14H2,1-5H3,(H,33,37)(H,39,40)(H,41,42)/t15-,16-,20+,22+,25-,26-/m1/s1. The molecule has 0 bridgehead atoms. The number of amides is 2. The molecule has 2 aromatic carbocycles. The Kier molecular flexibility index (Phi) is 9.52. The lowest BCUT2D eigenvalue weighted by Gasteiger charge is -2.46. The molecule has 3 aliphatic heterocycles. The minimum absolute atomic E-state index is 0.0280. The van der Waals surface area contributed by atoms with Crippen molar-refractivity contribution in [2.45, 2.75) is 50.3 Å². The quantitative estimate of drug-likeness (QED) is 0.247. The molecule has 0 unspecified atom stereocenters. The summed E-state index contributed by atoms with van der Waals surface area (Å²) in [7, 11) is 4.57. The van der Waals surface area contributed by atoms with Crippen LogP contribution in [0.25, 0.3) is 0 Å². The lowest BCUT2D eigenvalue weighted by Crippen LogP contribution is -2.63. The van der Waals surface area contributed by atoms with Crippen molar-refractivity contribution < 1.29 is 48.7 Å². The van der Waals surface area contributed by atoms with Gasteiger partial charge in [-0.3, -0.25) is 14.5 Å². The second-order valence-electron chi connectivity index (χ2n) is 11.6. The minimum Gasteiger partial charge on any atom is -0.496 e. The summed E-state index contributed by atoms with van der Waals surface area (Å²) in [5, 5.41) is 32.4. The van der Waals surface area contributed by atoms with E-state index >= 15 is 0 Å². The van der Waals surface area contributed by atoms with Gasteiger partial charge in [0.15, 0.2) is 0 Å². The molecule has 3 heterocycles. The Morgan fingerprint density at radius 3 is 2.28 bits per heavy atom. The summed E-state index contributed by atoms with van der Waals surface area (Å²) < 4.78 is 16.7. The van der Waals surface area contributed by atoms with Gasteiger partial charge in [0.05, 0.1) is 56.6 Å². The molecule has 0 aromatic heterocycles. The van der Waals surface area contributed by atoms with Crippen molar-refractivity contribution in [2.75, 3.05) is 33.2 Å². The minimum atomic E-state index is -1.22. The van der Waals surface area contributed by atoms with E-state index in [1.54, 1.807) is 24.3 Å². The van der Waals surface area contributed by atoms with Crippen LogP contribution in [0, 0.1) is 11.8 Å². The summed E-state index contributed by atoms with van der Waals surface area (Å²) in [6.45, 7) is 4.00. The van der Waals surface area contributed by atoms with Gasteiger partial charge in [0.2, 0.25) is 11.8 Å². The Morgan fingerprint density at radius 1 is 1.04 bits per heavy atom. The molecule has 2 saturated heterocycles. The largest absolute Gasteiger partial charge is 0.496 e. The van der Waals surface area contributed by atoms with Gasteiger partial charge in [-0.05, 0) is 31.5 Å². The number of thioether (sulfide) groups is 1. The first-order chi connectivity index (χ1) is 21.9. The molecule has 4 N–H and O–H groups in total. The number of nitrogens with zero attached hydrogens (tertiary/aromatic N) is 2. The Bertz CT molecular complexity index is 1570. The topological polar surface area (TPSA) is 175 Å². The zero-order chi connectivity index (χ0) is 33.4. The molecule has 246 valence electrons. The van der Waals surface area contributed by atoms with Crippen molar-refractivity contribution in [3.8, 4) is 17.2 Å². The van der Waals surface area contributed by atoms with Crippen LogP contribution in [0.15, 0.2) is 47.0 Å². The molecule has 0 saturated carbocycles. The first-order valence-corrected chi connectivity index (χ1v) is 15.6. The molecule has 5 rings (SSSR count). The Hall–Kier alpha value is -4.27. The van der Waals surface area contributed by atoms with Gasteiger partial charge in [-0.25, -0.2) is 9.59 Å². The van der Waals surface area contributed by atoms with Gasteiger partial charge in [0.1, 0.15) is 22.9 Å². The molecule has 2 fully saturated rings. The highest BCUT2D eigenvalue weighted by Crippen LogP contribution is 2.52. The maximum Gasteiger partial charge on any atom is 0.353 e. The smallest absolute Gasteiger partial charge is 0.353 e. The van der Waals surface area contributed by atoms with Crippen molar-refractivity contribution in [2.24, 2.45) is 11.8 Å². The number of aliphatic hydroxyl groups is 1. The lowest BCUT2D eigenvalue weighted by atomic mass is 9.79. The van der Waals surface area contributed by atoms with E-state index < -0.39 is 42.0 Å². The van der Waals surface area contributed by atoms with E-state index in [9.17, 15) is 34.5 Å². The number of hydrogen-bond donors (Lipinski definition) is 4. The predicted molar refractivity (Wildman–Crippen MR) is 168 cm³/mol. The van der Waals surface area contributed by atoms with Gasteiger partial charge < -0.3 is 39.7 Å². The van der Waals surface area contributed by atoms with E-state index in [0.717, 1.165) is 0 Å². The maximum absolute atomic E-state index is 13.8.